The van der Waals surface area contributed by atoms with Crippen LogP contribution in [0.15, 0.2) is 35.6 Å². The first kappa shape index (κ1) is 18.4. The molecule has 0 aliphatic rings. The average Bonchev–Trinajstić information content (AvgIpc) is 2.90. The van der Waals surface area contributed by atoms with Crippen molar-refractivity contribution in [1.29, 1.82) is 0 Å². The Kier molecular flexibility index (Phi) is 7.30. The Morgan fingerprint density at radius 3 is 2.59 bits per heavy atom. The van der Waals surface area contributed by atoms with E-state index in [2.05, 4.69) is 46.5 Å². The zero-order valence-corrected chi connectivity index (χ0v) is 15.5. The second-order valence-electron chi connectivity index (χ2n) is 5.12. The SMILES string of the molecule is CCC(C)c1ccc(NC(N)=NCc2nncn2C)cc1.I. The van der Waals surface area contributed by atoms with Gasteiger partial charge in [0.25, 0.3) is 0 Å². The number of rotatable bonds is 5. The largest absolute Gasteiger partial charge is 0.370 e. The van der Waals surface area contributed by atoms with E-state index in [0.717, 1.165) is 17.9 Å². The van der Waals surface area contributed by atoms with Crippen LogP contribution in [0.5, 0.6) is 0 Å². The maximum absolute atomic E-state index is 5.88. The van der Waals surface area contributed by atoms with Crippen LogP contribution in [-0.4, -0.2) is 20.7 Å². The van der Waals surface area contributed by atoms with Gasteiger partial charge >= 0.3 is 0 Å². The second kappa shape index (κ2) is 8.72. The molecule has 0 aliphatic heterocycles. The van der Waals surface area contributed by atoms with Gasteiger partial charge in [-0.25, -0.2) is 4.99 Å². The topological polar surface area (TPSA) is 81.1 Å². The number of nitrogens with one attached hydrogen (secondary N) is 1. The molecule has 3 N–H and O–H groups in total. The summed E-state index contributed by atoms with van der Waals surface area (Å²) in [6.07, 6.45) is 2.77. The fraction of sp³-hybridized carbons (Fsp3) is 0.400. The van der Waals surface area contributed by atoms with E-state index in [1.54, 1.807) is 6.33 Å². The van der Waals surface area contributed by atoms with Crippen LogP contribution in [0, 0.1) is 0 Å². The zero-order valence-electron chi connectivity index (χ0n) is 13.2. The van der Waals surface area contributed by atoms with Crippen molar-refractivity contribution in [3.63, 3.8) is 0 Å². The normalized spacial score (nSPS) is 12.6. The van der Waals surface area contributed by atoms with Gasteiger partial charge in [-0.05, 0) is 30.0 Å². The van der Waals surface area contributed by atoms with Crippen molar-refractivity contribution in [1.82, 2.24) is 14.8 Å². The lowest BCUT2D eigenvalue weighted by atomic mass is 9.99. The third-order valence-electron chi connectivity index (χ3n) is 3.56. The summed E-state index contributed by atoms with van der Waals surface area (Å²) in [7, 11) is 1.88. The van der Waals surface area contributed by atoms with E-state index in [9.17, 15) is 0 Å². The summed E-state index contributed by atoms with van der Waals surface area (Å²) in [5.41, 5.74) is 8.14. The van der Waals surface area contributed by atoms with Crippen LogP contribution in [0.2, 0.25) is 0 Å². The van der Waals surface area contributed by atoms with E-state index in [4.69, 9.17) is 5.73 Å². The predicted octanol–water partition coefficient (Wildman–Crippen LogP) is 2.87. The fourth-order valence-electron chi connectivity index (χ4n) is 1.92. The molecule has 6 nitrogen and oxygen atoms in total. The number of nitrogens with zero attached hydrogens (tertiary/aromatic N) is 4. The van der Waals surface area contributed by atoms with Crippen LogP contribution in [0.3, 0.4) is 0 Å². The van der Waals surface area contributed by atoms with Crippen molar-refractivity contribution in [2.24, 2.45) is 17.8 Å². The number of benzene rings is 1. The van der Waals surface area contributed by atoms with Gasteiger partial charge < -0.3 is 15.6 Å². The number of nitrogens with two attached hydrogens (primary N) is 1. The summed E-state index contributed by atoms with van der Waals surface area (Å²) in [4.78, 5) is 4.26. The number of guanidine groups is 1. The number of aliphatic imine (C=N–C) groups is 1. The van der Waals surface area contributed by atoms with E-state index in [-0.39, 0.29) is 24.0 Å². The van der Waals surface area contributed by atoms with E-state index < -0.39 is 0 Å². The molecule has 1 aromatic carbocycles. The highest BCUT2D eigenvalue weighted by atomic mass is 127. The number of halogens is 1. The molecule has 0 bridgehead atoms. The third-order valence-corrected chi connectivity index (χ3v) is 3.56. The minimum absolute atomic E-state index is 0. The molecule has 0 amide bonds. The van der Waals surface area contributed by atoms with Gasteiger partial charge in [0.15, 0.2) is 11.8 Å². The van der Waals surface area contributed by atoms with E-state index >= 15 is 0 Å². The number of hydrogen-bond acceptors (Lipinski definition) is 3. The summed E-state index contributed by atoms with van der Waals surface area (Å²) in [6.45, 7) is 4.81. The first-order valence-electron chi connectivity index (χ1n) is 7.10. The Morgan fingerprint density at radius 2 is 2.05 bits per heavy atom. The van der Waals surface area contributed by atoms with E-state index in [1.165, 1.54) is 5.56 Å². The molecule has 0 saturated heterocycles. The molecule has 2 rings (SSSR count). The van der Waals surface area contributed by atoms with E-state index in [1.807, 2.05) is 23.7 Å². The molecule has 1 heterocycles. The monoisotopic (exact) mass is 414 g/mol. The number of aromatic nitrogens is 3. The molecule has 0 spiro atoms. The molecular formula is C15H23IN6. The van der Waals surface area contributed by atoms with Gasteiger partial charge in [-0.2, -0.15) is 0 Å². The molecular weight excluding hydrogens is 391 g/mol. The van der Waals surface area contributed by atoms with Gasteiger partial charge in [-0.3, -0.25) is 0 Å². The Morgan fingerprint density at radius 1 is 1.36 bits per heavy atom. The Hall–Kier alpha value is -1.64. The van der Waals surface area contributed by atoms with Crippen LogP contribution in [0.25, 0.3) is 0 Å². The lowest BCUT2D eigenvalue weighted by molar-refractivity contribution is 0.734. The highest BCUT2D eigenvalue weighted by Gasteiger charge is 2.03. The van der Waals surface area contributed by atoms with E-state index in [0.29, 0.717) is 18.4 Å². The molecule has 22 heavy (non-hydrogen) atoms. The minimum Gasteiger partial charge on any atom is -0.370 e. The summed E-state index contributed by atoms with van der Waals surface area (Å²) in [5, 5.41) is 10.8. The predicted molar refractivity (Wildman–Crippen MR) is 101 cm³/mol. The van der Waals surface area contributed by atoms with Gasteiger partial charge in [0.2, 0.25) is 0 Å². The lowest BCUT2D eigenvalue weighted by Crippen LogP contribution is -2.22. The highest BCUT2D eigenvalue weighted by molar-refractivity contribution is 14.0. The van der Waals surface area contributed by atoms with Crippen LogP contribution in [-0.2, 0) is 13.6 Å². The standard InChI is InChI=1S/C15H22N6.HI/c1-4-11(2)12-5-7-13(8-6-12)19-15(16)17-9-14-20-18-10-21(14)3;/h5-8,10-11H,4,9H2,1-3H3,(H3,16,17,19);1H. The maximum atomic E-state index is 5.88. The average molecular weight is 414 g/mol. The first-order chi connectivity index (χ1) is 10.1. The molecule has 1 atom stereocenters. The lowest BCUT2D eigenvalue weighted by Gasteiger charge is -2.10. The molecule has 0 saturated carbocycles. The van der Waals surface area contributed by atoms with Crippen molar-refractivity contribution in [3.05, 3.63) is 42.0 Å². The van der Waals surface area contributed by atoms with Gasteiger partial charge in [-0.15, -0.1) is 34.2 Å². The second-order valence-corrected chi connectivity index (χ2v) is 5.12. The quantitative estimate of drug-likeness (QED) is 0.448. The number of aryl methyl sites for hydroxylation is 1. The number of hydrogen-bond donors (Lipinski definition) is 2. The number of anilines is 1. The molecule has 1 aromatic heterocycles. The van der Waals surface area contributed by atoms with Crippen molar-refractivity contribution < 1.29 is 0 Å². The minimum atomic E-state index is 0. The smallest absolute Gasteiger partial charge is 0.193 e. The Bertz CT molecular complexity index is 605. The van der Waals surface area contributed by atoms with Crippen molar-refractivity contribution in [3.8, 4) is 0 Å². The summed E-state index contributed by atoms with van der Waals surface area (Å²) < 4.78 is 1.82. The van der Waals surface area contributed by atoms with Gasteiger partial charge in [-0.1, -0.05) is 26.0 Å². The summed E-state index contributed by atoms with van der Waals surface area (Å²) in [6, 6.07) is 8.28. The Labute approximate surface area is 148 Å². The molecule has 0 aliphatic carbocycles. The molecule has 120 valence electrons. The van der Waals surface area contributed by atoms with Crippen LogP contribution in [0.1, 0.15) is 37.6 Å². The van der Waals surface area contributed by atoms with Crippen molar-refractivity contribution in [2.45, 2.75) is 32.7 Å². The molecule has 1 unspecified atom stereocenters. The summed E-state index contributed by atoms with van der Waals surface area (Å²) in [5.74, 6) is 1.71. The fourth-order valence-corrected chi connectivity index (χ4v) is 1.92. The molecule has 2 aromatic rings. The van der Waals surface area contributed by atoms with Crippen molar-refractivity contribution >= 4 is 35.6 Å². The van der Waals surface area contributed by atoms with Gasteiger partial charge in [0.05, 0.1) is 0 Å². The first-order valence-corrected chi connectivity index (χ1v) is 7.10. The van der Waals surface area contributed by atoms with Crippen LogP contribution >= 0.6 is 24.0 Å². The zero-order chi connectivity index (χ0) is 15.2. The molecule has 7 heteroatoms. The highest BCUT2D eigenvalue weighted by Crippen LogP contribution is 2.20. The Balaban J connectivity index is 0.00000242. The third kappa shape index (κ3) is 4.97. The molecule has 0 radical (unpaired) electrons. The molecule has 0 fully saturated rings. The van der Waals surface area contributed by atoms with Gasteiger partial charge in [0, 0.05) is 12.7 Å². The summed E-state index contributed by atoms with van der Waals surface area (Å²) >= 11 is 0. The van der Waals surface area contributed by atoms with Crippen molar-refractivity contribution in [2.75, 3.05) is 5.32 Å². The maximum Gasteiger partial charge on any atom is 0.193 e. The van der Waals surface area contributed by atoms with Crippen LogP contribution < -0.4 is 11.1 Å². The van der Waals surface area contributed by atoms with Gasteiger partial charge in [0.1, 0.15) is 12.9 Å². The van der Waals surface area contributed by atoms with Crippen LogP contribution in [0.4, 0.5) is 5.69 Å².